The van der Waals surface area contributed by atoms with Crippen LogP contribution in [0.4, 0.5) is 0 Å². The Bertz CT molecular complexity index is 531. The van der Waals surface area contributed by atoms with E-state index in [2.05, 4.69) is 21.3 Å². The van der Waals surface area contributed by atoms with Gasteiger partial charge in [-0.15, -0.1) is 0 Å². The highest BCUT2D eigenvalue weighted by Crippen LogP contribution is 2.06. The zero-order valence-corrected chi connectivity index (χ0v) is 15.8. The van der Waals surface area contributed by atoms with Crippen LogP contribution in [-0.4, -0.2) is 59.5 Å². The van der Waals surface area contributed by atoms with Gasteiger partial charge in [0.25, 0.3) is 0 Å². The fourth-order valence-electron chi connectivity index (χ4n) is 2.68. The topological polar surface area (TPSA) is 137 Å². The average Bonchev–Trinajstić information content (AvgIpc) is 3.07. The van der Waals surface area contributed by atoms with Crippen molar-refractivity contribution in [2.24, 2.45) is 5.92 Å². The molecular formula is C17H30N4O5. The van der Waals surface area contributed by atoms with Crippen molar-refractivity contribution in [3.05, 3.63) is 0 Å². The molecule has 3 amide bonds. The normalized spacial score (nSPS) is 20.1. The van der Waals surface area contributed by atoms with Crippen LogP contribution in [0.25, 0.3) is 0 Å². The minimum atomic E-state index is -1.12. The SMILES string of the molecule is CC(C)C[C@H](NC(=O)[C@H](C)NC(=O)[C@H](C)NC(=O)[C@@H]1CCCN1)C(=O)O. The number of aliphatic carboxylic acids is 1. The number of carbonyl (C=O) groups is 4. The van der Waals surface area contributed by atoms with Crippen molar-refractivity contribution in [1.29, 1.82) is 0 Å². The first kappa shape index (κ1) is 21.9. The van der Waals surface area contributed by atoms with Crippen LogP contribution in [0.2, 0.25) is 0 Å². The first-order valence-corrected chi connectivity index (χ1v) is 8.99. The van der Waals surface area contributed by atoms with Crippen molar-refractivity contribution < 1.29 is 24.3 Å². The van der Waals surface area contributed by atoms with Gasteiger partial charge in [-0.1, -0.05) is 13.8 Å². The van der Waals surface area contributed by atoms with E-state index in [9.17, 15) is 24.3 Å². The number of hydrogen-bond acceptors (Lipinski definition) is 5. The molecular weight excluding hydrogens is 340 g/mol. The minimum absolute atomic E-state index is 0.0979. The molecule has 1 saturated heterocycles. The van der Waals surface area contributed by atoms with Crippen LogP contribution in [0.5, 0.6) is 0 Å². The highest BCUT2D eigenvalue weighted by Gasteiger charge is 2.28. The molecule has 0 aliphatic carbocycles. The summed E-state index contributed by atoms with van der Waals surface area (Å²) in [4.78, 5) is 47.5. The monoisotopic (exact) mass is 370 g/mol. The quantitative estimate of drug-likeness (QED) is 0.366. The van der Waals surface area contributed by atoms with Crippen molar-refractivity contribution in [3.63, 3.8) is 0 Å². The molecule has 0 aromatic rings. The summed E-state index contributed by atoms with van der Waals surface area (Å²) in [5.74, 6) is -2.35. The first-order chi connectivity index (χ1) is 12.1. The summed E-state index contributed by atoms with van der Waals surface area (Å²) >= 11 is 0. The van der Waals surface area contributed by atoms with E-state index in [1.807, 2.05) is 13.8 Å². The van der Waals surface area contributed by atoms with Gasteiger partial charge in [-0.3, -0.25) is 14.4 Å². The van der Waals surface area contributed by atoms with Crippen LogP contribution < -0.4 is 21.3 Å². The molecule has 1 heterocycles. The van der Waals surface area contributed by atoms with E-state index in [0.29, 0.717) is 6.42 Å². The standard InChI is InChI=1S/C17H30N4O5/c1-9(2)8-13(17(25)26)21-15(23)11(4)19-14(22)10(3)20-16(24)12-6-5-7-18-12/h9-13,18H,5-8H2,1-4H3,(H,19,22)(H,20,24)(H,21,23)(H,25,26)/t10-,11-,12-,13-/m0/s1. The van der Waals surface area contributed by atoms with E-state index in [1.54, 1.807) is 0 Å². The molecule has 0 spiro atoms. The Balaban J connectivity index is 2.49. The summed E-state index contributed by atoms with van der Waals surface area (Å²) in [5, 5.41) is 19.7. The highest BCUT2D eigenvalue weighted by molar-refractivity contribution is 5.93. The second kappa shape index (κ2) is 10.1. The van der Waals surface area contributed by atoms with E-state index in [0.717, 1.165) is 19.4 Å². The largest absolute Gasteiger partial charge is 0.480 e. The van der Waals surface area contributed by atoms with Crippen molar-refractivity contribution in [2.75, 3.05) is 6.54 Å². The average molecular weight is 370 g/mol. The van der Waals surface area contributed by atoms with Crippen LogP contribution in [0, 0.1) is 5.92 Å². The fourth-order valence-corrected chi connectivity index (χ4v) is 2.68. The molecule has 0 aromatic carbocycles. The number of nitrogens with one attached hydrogen (secondary N) is 4. The van der Waals surface area contributed by atoms with Gasteiger partial charge in [0.2, 0.25) is 17.7 Å². The van der Waals surface area contributed by atoms with Gasteiger partial charge in [0.15, 0.2) is 0 Å². The van der Waals surface area contributed by atoms with E-state index >= 15 is 0 Å². The lowest BCUT2D eigenvalue weighted by molar-refractivity contribution is -0.142. The molecule has 0 bridgehead atoms. The Hall–Kier alpha value is -2.16. The molecule has 0 aromatic heterocycles. The smallest absolute Gasteiger partial charge is 0.326 e. The molecule has 1 aliphatic heterocycles. The molecule has 0 unspecified atom stereocenters. The lowest BCUT2D eigenvalue weighted by Crippen LogP contribution is -2.55. The molecule has 1 fully saturated rings. The lowest BCUT2D eigenvalue weighted by atomic mass is 10.0. The Morgan fingerprint density at radius 3 is 2.08 bits per heavy atom. The van der Waals surface area contributed by atoms with Crippen LogP contribution in [0.3, 0.4) is 0 Å². The molecule has 1 aliphatic rings. The third kappa shape index (κ3) is 6.99. The van der Waals surface area contributed by atoms with Crippen molar-refractivity contribution in [3.8, 4) is 0 Å². The van der Waals surface area contributed by atoms with Gasteiger partial charge in [-0.05, 0) is 45.6 Å². The molecule has 0 saturated carbocycles. The van der Waals surface area contributed by atoms with E-state index in [4.69, 9.17) is 0 Å². The maximum atomic E-state index is 12.2. The maximum Gasteiger partial charge on any atom is 0.326 e. The second-order valence-corrected chi connectivity index (χ2v) is 7.14. The van der Waals surface area contributed by atoms with E-state index in [-0.39, 0.29) is 17.9 Å². The van der Waals surface area contributed by atoms with Crippen LogP contribution >= 0.6 is 0 Å². The zero-order valence-electron chi connectivity index (χ0n) is 15.8. The maximum absolute atomic E-state index is 12.2. The summed E-state index contributed by atoms with van der Waals surface area (Å²) in [6.45, 7) is 7.49. The Kier molecular flexibility index (Phi) is 8.50. The second-order valence-electron chi connectivity index (χ2n) is 7.14. The molecule has 4 atom stereocenters. The Morgan fingerprint density at radius 2 is 1.58 bits per heavy atom. The molecule has 1 rings (SSSR count). The number of carbonyl (C=O) groups excluding carboxylic acids is 3. The third-order valence-electron chi connectivity index (χ3n) is 4.20. The Morgan fingerprint density at radius 1 is 1.00 bits per heavy atom. The van der Waals surface area contributed by atoms with Gasteiger partial charge in [0, 0.05) is 0 Å². The molecule has 148 valence electrons. The highest BCUT2D eigenvalue weighted by atomic mass is 16.4. The van der Waals surface area contributed by atoms with Gasteiger partial charge in [-0.2, -0.15) is 0 Å². The predicted octanol–water partition coefficient (Wildman–Crippen LogP) is -0.637. The van der Waals surface area contributed by atoms with Gasteiger partial charge in [0.1, 0.15) is 18.1 Å². The summed E-state index contributed by atoms with van der Waals surface area (Å²) in [6.07, 6.45) is 1.94. The minimum Gasteiger partial charge on any atom is -0.480 e. The lowest BCUT2D eigenvalue weighted by Gasteiger charge is -2.22. The van der Waals surface area contributed by atoms with Crippen LogP contribution in [-0.2, 0) is 19.2 Å². The number of amides is 3. The fraction of sp³-hybridized carbons (Fsp3) is 0.765. The summed E-state index contributed by atoms with van der Waals surface area (Å²) in [6, 6.07) is -3.02. The molecule has 5 N–H and O–H groups in total. The third-order valence-corrected chi connectivity index (χ3v) is 4.20. The van der Waals surface area contributed by atoms with Crippen molar-refractivity contribution in [1.82, 2.24) is 21.3 Å². The zero-order chi connectivity index (χ0) is 19.9. The van der Waals surface area contributed by atoms with Gasteiger partial charge in [0.05, 0.1) is 6.04 Å². The predicted molar refractivity (Wildman–Crippen MR) is 95.3 cm³/mol. The van der Waals surface area contributed by atoms with Crippen LogP contribution in [0.15, 0.2) is 0 Å². The molecule has 0 radical (unpaired) electrons. The van der Waals surface area contributed by atoms with Gasteiger partial charge < -0.3 is 26.4 Å². The van der Waals surface area contributed by atoms with Gasteiger partial charge >= 0.3 is 5.97 Å². The van der Waals surface area contributed by atoms with E-state index in [1.165, 1.54) is 13.8 Å². The Labute approximate surface area is 153 Å². The molecule has 9 heteroatoms. The van der Waals surface area contributed by atoms with E-state index < -0.39 is 35.9 Å². The number of rotatable bonds is 9. The summed E-state index contributed by atoms with van der Waals surface area (Å²) in [7, 11) is 0. The number of hydrogen-bond donors (Lipinski definition) is 5. The van der Waals surface area contributed by atoms with Crippen LogP contribution in [0.1, 0.15) is 47.0 Å². The molecule has 9 nitrogen and oxygen atoms in total. The van der Waals surface area contributed by atoms with Crippen molar-refractivity contribution >= 4 is 23.7 Å². The first-order valence-electron chi connectivity index (χ1n) is 8.99. The summed E-state index contributed by atoms with van der Waals surface area (Å²) < 4.78 is 0. The summed E-state index contributed by atoms with van der Waals surface area (Å²) in [5.41, 5.74) is 0. The number of carboxylic acids is 1. The van der Waals surface area contributed by atoms with Gasteiger partial charge in [-0.25, -0.2) is 4.79 Å². The molecule has 26 heavy (non-hydrogen) atoms. The van der Waals surface area contributed by atoms with Crippen molar-refractivity contribution in [2.45, 2.75) is 71.1 Å². The number of carboxylic acid groups (broad SMARTS) is 1.